The molecule has 0 saturated heterocycles. The van der Waals surface area contributed by atoms with Gasteiger partial charge in [0.15, 0.2) is 6.10 Å². The smallest absolute Gasteiger partial charge is 0.306 e. The van der Waals surface area contributed by atoms with Crippen LogP contribution in [0.5, 0.6) is 0 Å². The van der Waals surface area contributed by atoms with Crippen LogP contribution in [0.4, 0.5) is 0 Å². The van der Waals surface area contributed by atoms with Crippen molar-refractivity contribution in [1.29, 1.82) is 0 Å². The second kappa shape index (κ2) is 76.2. The number of ether oxygens (including phenoxy) is 4. The van der Waals surface area contributed by atoms with E-state index in [0.29, 0.717) is 25.7 Å². The minimum absolute atomic E-state index is 0.0806. The van der Waals surface area contributed by atoms with Crippen molar-refractivity contribution in [3.8, 4) is 0 Å². The van der Waals surface area contributed by atoms with E-state index in [0.717, 1.165) is 103 Å². The van der Waals surface area contributed by atoms with Gasteiger partial charge in [0, 0.05) is 25.7 Å². The highest BCUT2D eigenvalue weighted by Gasteiger charge is 2.20. The van der Waals surface area contributed by atoms with E-state index in [1.165, 1.54) is 231 Å². The van der Waals surface area contributed by atoms with Crippen LogP contribution in [0.3, 0.4) is 0 Å². The summed E-state index contributed by atoms with van der Waals surface area (Å²) in [6.45, 7) is 8.40. The van der Waals surface area contributed by atoms with Crippen LogP contribution in [0.1, 0.15) is 387 Å². The Kier molecular flexibility index (Phi) is 75.2. The van der Waals surface area contributed by atoms with Crippen LogP contribution < -0.4 is 0 Å². The van der Waals surface area contributed by atoms with Crippen LogP contribution in [0.15, 0.2) is 48.6 Å². The zero-order valence-electron chi connectivity index (χ0n) is 58.4. The molecule has 1 atom stereocenters. The summed E-state index contributed by atoms with van der Waals surface area (Å²) in [4.78, 5) is 49.4. The van der Waals surface area contributed by atoms with E-state index in [2.05, 4.69) is 76.3 Å². The molecule has 0 saturated carbocycles. The molecule has 0 aliphatic heterocycles. The number of esters is 4. The van der Waals surface area contributed by atoms with Crippen molar-refractivity contribution in [2.45, 2.75) is 399 Å². The number of allylic oxidation sites excluding steroid dienone is 8. The van der Waals surface area contributed by atoms with E-state index >= 15 is 0 Å². The maximum Gasteiger partial charge on any atom is 0.306 e. The van der Waals surface area contributed by atoms with Gasteiger partial charge in [0.2, 0.25) is 0 Å². The third-order valence-electron chi connectivity index (χ3n) is 16.4. The molecule has 0 aromatic heterocycles. The van der Waals surface area contributed by atoms with Crippen molar-refractivity contribution in [2.24, 2.45) is 0 Å². The second-order valence-electron chi connectivity index (χ2n) is 25.3. The first-order valence-electron chi connectivity index (χ1n) is 37.8. The van der Waals surface area contributed by atoms with Gasteiger partial charge in [-0.3, -0.25) is 19.2 Å². The topological polar surface area (TPSA) is 146 Å². The average Bonchev–Trinajstić information content (AvgIpc) is 3.54. The lowest BCUT2D eigenvalue weighted by Gasteiger charge is -2.18. The molecule has 1 unspecified atom stereocenters. The highest BCUT2D eigenvalue weighted by atomic mass is 16.6. The normalized spacial score (nSPS) is 12.0. The molecule has 10 nitrogen and oxygen atoms in total. The summed E-state index contributed by atoms with van der Waals surface area (Å²) in [6.07, 6.45) is 81.3. The summed E-state index contributed by atoms with van der Waals surface area (Å²) in [7, 11) is 0. The summed E-state index contributed by atoms with van der Waals surface area (Å²) >= 11 is 0. The van der Waals surface area contributed by atoms with Crippen molar-refractivity contribution in [3.63, 3.8) is 0 Å². The Morgan fingerprint density at radius 3 is 0.693 bits per heavy atom. The van der Waals surface area contributed by atoms with E-state index < -0.39 is 12.2 Å². The first-order chi connectivity index (χ1) is 43.2. The van der Waals surface area contributed by atoms with Crippen LogP contribution >= 0.6 is 0 Å². The van der Waals surface area contributed by atoms with Gasteiger partial charge in [-0.25, -0.2) is 0 Å². The van der Waals surface area contributed by atoms with Crippen molar-refractivity contribution < 1.29 is 48.3 Å². The van der Waals surface area contributed by atoms with Crippen LogP contribution in [0.2, 0.25) is 0 Å². The Labute approximate surface area is 544 Å². The van der Waals surface area contributed by atoms with Gasteiger partial charge in [-0.15, -0.1) is 0 Å². The number of carbonyl (C=O) groups excluding carboxylic acids is 4. The third kappa shape index (κ3) is 75.2. The summed E-state index contributed by atoms with van der Waals surface area (Å²) in [5, 5.41) is 17.7. The molecular formula is C78H144O10. The van der Waals surface area contributed by atoms with Crippen LogP contribution in [-0.4, -0.2) is 72.7 Å². The predicted molar refractivity (Wildman–Crippen MR) is 374 cm³/mol. The molecule has 0 fully saturated rings. The molecule has 2 N–H and O–H groups in total. The number of aliphatic hydroxyl groups excluding tert-OH is 2. The molecule has 0 heterocycles. The molecule has 0 rings (SSSR count). The maximum absolute atomic E-state index is 12.8. The van der Waals surface area contributed by atoms with Gasteiger partial charge < -0.3 is 29.2 Å². The van der Waals surface area contributed by atoms with E-state index in [-0.39, 0.29) is 50.3 Å². The minimum atomic E-state index is -0.960. The predicted octanol–water partition coefficient (Wildman–Crippen LogP) is 23.0. The average molecular weight is 1240 g/mol. The molecule has 88 heavy (non-hydrogen) atoms. The van der Waals surface area contributed by atoms with E-state index in [1.807, 2.05) is 0 Å². The fourth-order valence-corrected chi connectivity index (χ4v) is 10.6. The number of carbonyl (C=O) groups is 4. The fourth-order valence-electron chi connectivity index (χ4n) is 10.6. The Hall–Kier alpha value is -3.24. The first-order valence-corrected chi connectivity index (χ1v) is 37.8. The molecule has 0 aliphatic rings. The Morgan fingerprint density at radius 1 is 0.273 bits per heavy atom. The highest BCUT2D eigenvalue weighted by Crippen LogP contribution is 2.16. The Balaban J connectivity index is 0. The lowest BCUT2D eigenvalue weighted by Crippen LogP contribution is -2.30. The summed E-state index contributed by atoms with van der Waals surface area (Å²) in [6, 6.07) is 0. The van der Waals surface area contributed by atoms with E-state index in [9.17, 15) is 19.2 Å². The number of rotatable bonds is 68. The Bertz CT molecular complexity index is 1510. The van der Waals surface area contributed by atoms with Gasteiger partial charge in [-0.05, 0) is 128 Å². The quantitative estimate of drug-likeness (QED) is 0.0261. The zero-order valence-corrected chi connectivity index (χ0v) is 58.4. The molecule has 0 amide bonds. The van der Waals surface area contributed by atoms with Gasteiger partial charge in [0.1, 0.15) is 25.9 Å². The summed E-state index contributed by atoms with van der Waals surface area (Å²) < 4.78 is 21.7. The number of hydrogen-bond acceptors (Lipinski definition) is 10. The lowest BCUT2D eigenvalue weighted by molar-refractivity contribution is -0.167. The minimum Gasteiger partial charge on any atom is -0.463 e. The standard InChI is InChI=1S/C57H104O6.C21H40O4/c1-4-7-10-13-16-19-22-25-28-31-34-37-40-43-46-49-55(58)61-52-54(63-57(60)51-48-45-42-39-36-33-30-27-24-21-18-15-12-9-6-3)53-62-56(59)50-47-44-41-38-35-32-29-26-23-20-17-14-11-8-5-2;1-2-3-4-5-6-7-8-9-10-11-12-13-14-15-16-17-21(24)25-19-20(23)18-22/h25-30,54H,4-24,31-53H2,1-3H3;9-10,20,22-23H,2-8,11-19H2,1H3/b28-25-,29-26-,30-27-;10-9-. The molecular weight excluding hydrogens is 1100 g/mol. The monoisotopic (exact) mass is 1240 g/mol. The van der Waals surface area contributed by atoms with E-state index in [1.54, 1.807) is 0 Å². The number of hydrogen-bond donors (Lipinski definition) is 2. The first kappa shape index (κ1) is 86.8. The molecule has 10 heteroatoms. The van der Waals surface area contributed by atoms with Gasteiger partial charge in [-0.1, -0.05) is 282 Å². The van der Waals surface area contributed by atoms with Gasteiger partial charge in [-0.2, -0.15) is 0 Å². The summed E-state index contributed by atoms with van der Waals surface area (Å²) in [5.41, 5.74) is 0. The van der Waals surface area contributed by atoms with Gasteiger partial charge >= 0.3 is 23.9 Å². The van der Waals surface area contributed by atoms with Gasteiger partial charge in [0.05, 0.1) is 6.61 Å². The van der Waals surface area contributed by atoms with Gasteiger partial charge in [0.25, 0.3) is 0 Å². The Morgan fingerprint density at radius 2 is 0.466 bits per heavy atom. The van der Waals surface area contributed by atoms with Crippen LogP contribution in [0, 0.1) is 0 Å². The zero-order chi connectivity index (χ0) is 64.4. The third-order valence-corrected chi connectivity index (χ3v) is 16.4. The maximum atomic E-state index is 12.8. The lowest BCUT2D eigenvalue weighted by atomic mass is 10.1. The molecule has 0 aromatic rings. The fraction of sp³-hybridized carbons (Fsp3) is 0.846. The van der Waals surface area contributed by atoms with Crippen molar-refractivity contribution in [2.75, 3.05) is 26.4 Å². The van der Waals surface area contributed by atoms with Crippen molar-refractivity contribution in [1.82, 2.24) is 0 Å². The molecule has 0 radical (unpaired) electrons. The van der Waals surface area contributed by atoms with Crippen LogP contribution in [-0.2, 0) is 38.1 Å². The van der Waals surface area contributed by atoms with E-state index in [4.69, 9.17) is 29.2 Å². The van der Waals surface area contributed by atoms with Crippen LogP contribution in [0.25, 0.3) is 0 Å². The molecule has 0 aliphatic carbocycles. The molecule has 0 aromatic carbocycles. The molecule has 0 bridgehead atoms. The summed E-state index contributed by atoms with van der Waals surface area (Å²) in [5.74, 6) is -1.18. The highest BCUT2D eigenvalue weighted by molar-refractivity contribution is 5.71. The van der Waals surface area contributed by atoms with Crippen molar-refractivity contribution >= 4 is 23.9 Å². The molecule has 516 valence electrons. The molecule has 0 spiro atoms. The second-order valence-corrected chi connectivity index (χ2v) is 25.3. The SMILES string of the molecule is CCCCCCCC/C=C\CCCCCCCC(=O)OCC(COC(=O)CCCCCCC/C=C\CCCCCCCC)OC(=O)CCCCCCC/C=C\CCCCCCCC.CCCCCCCC/C=C\CCCCCCCC(=O)OCC(O)CO. The largest absolute Gasteiger partial charge is 0.463 e. The number of aliphatic hydroxyl groups is 2. The van der Waals surface area contributed by atoms with Crippen molar-refractivity contribution in [3.05, 3.63) is 48.6 Å². The number of unbranched alkanes of at least 4 members (excludes halogenated alkanes) is 44.